The summed E-state index contributed by atoms with van der Waals surface area (Å²) in [7, 11) is 0. The Hall–Kier alpha value is -2.83. The summed E-state index contributed by atoms with van der Waals surface area (Å²) in [4.78, 5) is 8.28. The first-order valence-corrected chi connectivity index (χ1v) is 9.12. The van der Waals surface area contributed by atoms with Crippen molar-refractivity contribution in [3.8, 4) is 5.82 Å². The number of aliphatic hydroxyl groups is 3. The maximum absolute atomic E-state index is 10.6. The van der Waals surface area contributed by atoms with E-state index in [1.54, 1.807) is 28.8 Å². The van der Waals surface area contributed by atoms with Crippen molar-refractivity contribution in [3.05, 3.63) is 35.6 Å². The van der Waals surface area contributed by atoms with Crippen molar-refractivity contribution in [2.45, 2.75) is 24.5 Å². The molecule has 0 bridgehead atoms. The van der Waals surface area contributed by atoms with Gasteiger partial charge in [-0.15, -0.1) is 5.10 Å². The van der Waals surface area contributed by atoms with E-state index in [0.717, 1.165) is 0 Å². The SMILES string of the molecule is Nc1ncnc2c1cc(-n1nnc3cc(Cl)ccc31)n2[C@@H]1O[C@H](CO)[C@@H](O)[C@H]1O. The molecule has 5 N–H and O–H groups in total. The van der Waals surface area contributed by atoms with Crippen LogP contribution >= 0.6 is 11.6 Å². The van der Waals surface area contributed by atoms with Crippen molar-refractivity contribution in [1.82, 2.24) is 29.5 Å². The highest BCUT2D eigenvalue weighted by Gasteiger charge is 2.45. The lowest BCUT2D eigenvalue weighted by atomic mass is 10.1. The molecule has 0 saturated carbocycles. The molecule has 1 aliphatic rings. The van der Waals surface area contributed by atoms with Gasteiger partial charge in [0.1, 0.15) is 47.4 Å². The van der Waals surface area contributed by atoms with Gasteiger partial charge in [-0.1, -0.05) is 16.8 Å². The second-order valence-electron chi connectivity index (χ2n) is 6.73. The summed E-state index contributed by atoms with van der Waals surface area (Å²) < 4.78 is 8.81. The first-order chi connectivity index (χ1) is 14.0. The number of fused-ring (bicyclic) bond motifs is 2. The molecule has 0 radical (unpaired) electrons. The van der Waals surface area contributed by atoms with Crippen molar-refractivity contribution < 1.29 is 20.1 Å². The molecule has 12 heteroatoms. The Morgan fingerprint density at radius 3 is 2.76 bits per heavy atom. The second-order valence-corrected chi connectivity index (χ2v) is 7.17. The maximum Gasteiger partial charge on any atom is 0.166 e. The Bertz CT molecular complexity index is 1230. The number of ether oxygens (including phenoxy) is 1. The van der Waals surface area contributed by atoms with Crippen LogP contribution in [-0.4, -0.2) is 69.8 Å². The third kappa shape index (κ3) is 2.67. The first kappa shape index (κ1) is 18.2. The molecule has 4 atom stereocenters. The number of nitrogens with zero attached hydrogens (tertiary/aromatic N) is 6. The van der Waals surface area contributed by atoms with E-state index in [4.69, 9.17) is 22.1 Å². The first-order valence-electron chi connectivity index (χ1n) is 8.75. The van der Waals surface area contributed by atoms with Crippen LogP contribution in [0.4, 0.5) is 5.82 Å². The van der Waals surface area contributed by atoms with Gasteiger partial charge in [0.05, 0.1) is 17.5 Å². The minimum atomic E-state index is -1.32. The molecule has 0 aliphatic carbocycles. The van der Waals surface area contributed by atoms with Gasteiger partial charge >= 0.3 is 0 Å². The Balaban J connectivity index is 1.78. The molecule has 1 saturated heterocycles. The molecule has 4 aromatic rings. The number of aliphatic hydroxyl groups excluding tert-OH is 3. The van der Waals surface area contributed by atoms with Gasteiger partial charge in [-0.05, 0) is 24.3 Å². The van der Waals surface area contributed by atoms with E-state index in [2.05, 4.69) is 20.3 Å². The Kier molecular flexibility index (Phi) is 4.15. The van der Waals surface area contributed by atoms with E-state index >= 15 is 0 Å². The van der Waals surface area contributed by atoms with Crippen LogP contribution < -0.4 is 5.73 Å². The maximum atomic E-state index is 10.6. The third-order valence-electron chi connectivity index (χ3n) is 5.04. The van der Waals surface area contributed by atoms with E-state index in [-0.39, 0.29) is 5.82 Å². The Morgan fingerprint density at radius 2 is 2.00 bits per heavy atom. The number of hydrogen-bond acceptors (Lipinski definition) is 9. The highest BCUT2D eigenvalue weighted by Crippen LogP contribution is 2.36. The zero-order valence-electron chi connectivity index (χ0n) is 14.8. The molecule has 0 unspecified atom stereocenters. The van der Waals surface area contributed by atoms with Gasteiger partial charge < -0.3 is 25.8 Å². The number of anilines is 1. The predicted molar refractivity (Wildman–Crippen MR) is 102 cm³/mol. The highest BCUT2D eigenvalue weighted by molar-refractivity contribution is 6.31. The zero-order valence-corrected chi connectivity index (χ0v) is 15.5. The van der Waals surface area contributed by atoms with Crippen LogP contribution in [0.1, 0.15) is 6.23 Å². The molecule has 29 heavy (non-hydrogen) atoms. The van der Waals surface area contributed by atoms with Crippen molar-refractivity contribution in [3.63, 3.8) is 0 Å². The third-order valence-corrected chi connectivity index (χ3v) is 5.27. The molecule has 0 amide bonds. The summed E-state index contributed by atoms with van der Waals surface area (Å²) in [6.07, 6.45) is -3.30. The predicted octanol–water partition coefficient (Wildman–Crippen LogP) is 0.0123. The second kappa shape index (κ2) is 6.61. The topological polar surface area (TPSA) is 157 Å². The summed E-state index contributed by atoms with van der Waals surface area (Å²) in [5.74, 6) is 0.668. The smallest absolute Gasteiger partial charge is 0.166 e. The van der Waals surface area contributed by atoms with Gasteiger partial charge in [-0.3, -0.25) is 4.57 Å². The van der Waals surface area contributed by atoms with E-state index in [9.17, 15) is 15.3 Å². The molecule has 0 spiro atoms. The lowest BCUT2D eigenvalue weighted by molar-refractivity contribution is -0.0509. The number of nitrogens with two attached hydrogens (primary N) is 1. The van der Waals surface area contributed by atoms with E-state index in [1.807, 2.05) is 0 Å². The van der Waals surface area contributed by atoms with Crippen LogP contribution in [0.25, 0.3) is 27.9 Å². The van der Waals surface area contributed by atoms with Gasteiger partial charge in [-0.25, -0.2) is 9.97 Å². The molecular formula is C17H16ClN7O4. The molecular weight excluding hydrogens is 402 g/mol. The van der Waals surface area contributed by atoms with Gasteiger partial charge in [-0.2, -0.15) is 4.68 Å². The van der Waals surface area contributed by atoms with Crippen molar-refractivity contribution in [1.29, 1.82) is 0 Å². The number of hydrogen-bond donors (Lipinski definition) is 4. The fourth-order valence-corrected chi connectivity index (χ4v) is 3.78. The van der Waals surface area contributed by atoms with Crippen molar-refractivity contribution in [2.24, 2.45) is 0 Å². The van der Waals surface area contributed by atoms with Crippen LogP contribution in [0.15, 0.2) is 30.6 Å². The Labute approximate surface area is 167 Å². The summed E-state index contributed by atoms with van der Waals surface area (Å²) in [5.41, 5.74) is 7.61. The monoisotopic (exact) mass is 417 g/mol. The molecule has 11 nitrogen and oxygen atoms in total. The highest BCUT2D eigenvalue weighted by atomic mass is 35.5. The van der Waals surface area contributed by atoms with Gasteiger partial charge in [0.2, 0.25) is 0 Å². The number of aromatic nitrogens is 6. The molecule has 5 rings (SSSR count). The van der Waals surface area contributed by atoms with Gasteiger partial charge in [0.25, 0.3) is 0 Å². The molecule has 3 aromatic heterocycles. The summed E-state index contributed by atoms with van der Waals surface area (Å²) in [6, 6.07) is 6.83. The average Bonchev–Trinajstić information content (AvgIpc) is 3.36. The average molecular weight is 418 g/mol. The van der Waals surface area contributed by atoms with E-state index in [1.165, 1.54) is 11.0 Å². The zero-order chi connectivity index (χ0) is 20.3. The number of benzene rings is 1. The van der Waals surface area contributed by atoms with Crippen LogP contribution in [0.3, 0.4) is 0 Å². The van der Waals surface area contributed by atoms with Crippen LogP contribution in [0.5, 0.6) is 0 Å². The molecule has 1 aliphatic heterocycles. The van der Waals surface area contributed by atoms with Crippen molar-refractivity contribution in [2.75, 3.05) is 12.3 Å². The largest absolute Gasteiger partial charge is 0.394 e. The van der Waals surface area contributed by atoms with Crippen LogP contribution in [0.2, 0.25) is 5.02 Å². The quantitative estimate of drug-likeness (QED) is 0.360. The Morgan fingerprint density at radius 1 is 1.17 bits per heavy atom. The van der Waals surface area contributed by atoms with E-state index in [0.29, 0.717) is 32.9 Å². The fourth-order valence-electron chi connectivity index (χ4n) is 3.61. The minimum Gasteiger partial charge on any atom is -0.394 e. The number of rotatable bonds is 3. The normalized spacial score (nSPS) is 24.7. The van der Waals surface area contributed by atoms with Crippen LogP contribution in [-0.2, 0) is 4.74 Å². The summed E-state index contributed by atoms with van der Waals surface area (Å²) >= 11 is 6.04. The number of nitrogen functional groups attached to an aromatic ring is 1. The number of halogens is 1. The van der Waals surface area contributed by atoms with E-state index < -0.39 is 31.1 Å². The lowest BCUT2D eigenvalue weighted by Crippen LogP contribution is -2.33. The van der Waals surface area contributed by atoms with Gasteiger partial charge in [0.15, 0.2) is 6.23 Å². The standard InChI is InChI=1S/C17H16ClN7O4/c18-7-1-2-10-9(3-7)22-23-25(10)12-4-8-15(19)20-6-21-16(8)24(12)17-14(28)13(27)11(5-26)29-17/h1-4,6,11,13-14,17,26-28H,5H2,(H2,19,20,21)/t11-,13-,14-,17-/m1/s1. The van der Waals surface area contributed by atoms with Crippen molar-refractivity contribution >= 4 is 39.5 Å². The molecule has 150 valence electrons. The molecule has 1 fully saturated rings. The lowest BCUT2D eigenvalue weighted by Gasteiger charge is -2.20. The summed E-state index contributed by atoms with van der Waals surface area (Å²) in [5, 5.41) is 39.6. The fraction of sp³-hybridized carbons (Fsp3) is 0.294. The summed E-state index contributed by atoms with van der Waals surface area (Å²) in [6.45, 7) is -0.453. The van der Waals surface area contributed by atoms with Crippen LogP contribution in [0, 0.1) is 0 Å². The molecule has 1 aromatic carbocycles. The minimum absolute atomic E-state index is 0.231. The van der Waals surface area contributed by atoms with Gasteiger partial charge in [0, 0.05) is 5.02 Å². The molecule has 4 heterocycles.